The quantitative estimate of drug-likeness (QED) is 0.302. The average Bonchev–Trinajstić information content (AvgIpc) is 3.21. The Balaban J connectivity index is 2.09. The van der Waals surface area contributed by atoms with Crippen molar-refractivity contribution in [3.05, 3.63) is 94.7 Å². The highest BCUT2D eigenvalue weighted by molar-refractivity contribution is 6.04. The summed E-state index contributed by atoms with van der Waals surface area (Å²) >= 11 is 0. The van der Waals surface area contributed by atoms with Gasteiger partial charge in [0.25, 0.3) is 0 Å². The third-order valence-corrected chi connectivity index (χ3v) is 5.98. The normalized spacial score (nSPS) is 12.9. The van der Waals surface area contributed by atoms with E-state index in [1.54, 1.807) is 38.5 Å². The number of nitrogens with zero attached hydrogens (tertiary/aromatic N) is 2. The van der Waals surface area contributed by atoms with Gasteiger partial charge in [0, 0.05) is 29.5 Å². The number of halogens is 2. The van der Waals surface area contributed by atoms with Crippen LogP contribution in [0.3, 0.4) is 0 Å². The average molecular weight is 525 g/mol. The SMILES string of the molecule is C=C(C(C)=Nc1c(Cc2ccc(C)cc2)ccn1Cc1c(OC)ccc(F)c1F)C(OC(C)(C)C)C(=O)O. The lowest BCUT2D eigenvalue weighted by molar-refractivity contribution is -0.155. The molecule has 2 aromatic carbocycles. The van der Waals surface area contributed by atoms with Crippen LogP contribution in [0, 0.1) is 18.6 Å². The molecule has 202 valence electrons. The van der Waals surface area contributed by atoms with E-state index in [9.17, 15) is 18.7 Å². The van der Waals surface area contributed by atoms with E-state index in [2.05, 4.69) is 6.58 Å². The molecule has 0 spiro atoms. The van der Waals surface area contributed by atoms with Crippen molar-refractivity contribution in [3.8, 4) is 5.75 Å². The molecule has 0 fully saturated rings. The molecule has 0 bridgehead atoms. The molecule has 38 heavy (non-hydrogen) atoms. The van der Waals surface area contributed by atoms with Crippen molar-refractivity contribution in [3.63, 3.8) is 0 Å². The third-order valence-electron chi connectivity index (χ3n) is 5.98. The van der Waals surface area contributed by atoms with Gasteiger partial charge in [-0.1, -0.05) is 36.4 Å². The van der Waals surface area contributed by atoms with Crippen LogP contribution in [0.4, 0.5) is 14.6 Å². The summed E-state index contributed by atoms with van der Waals surface area (Å²) < 4.78 is 41.6. The smallest absolute Gasteiger partial charge is 0.337 e. The van der Waals surface area contributed by atoms with Gasteiger partial charge in [-0.3, -0.25) is 0 Å². The van der Waals surface area contributed by atoms with Gasteiger partial charge in [-0.05, 0) is 58.4 Å². The van der Waals surface area contributed by atoms with Gasteiger partial charge in [-0.2, -0.15) is 0 Å². The number of aliphatic imine (C=N–C) groups is 1. The van der Waals surface area contributed by atoms with Crippen LogP contribution in [0.1, 0.15) is 49.9 Å². The molecule has 0 aliphatic heterocycles. The number of benzene rings is 2. The number of hydrogen-bond donors (Lipinski definition) is 1. The first-order valence-electron chi connectivity index (χ1n) is 12.2. The van der Waals surface area contributed by atoms with Crippen LogP contribution in [-0.2, 0) is 22.5 Å². The minimum Gasteiger partial charge on any atom is -0.496 e. The highest BCUT2D eigenvalue weighted by Crippen LogP contribution is 2.31. The second-order valence-corrected chi connectivity index (χ2v) is 10.2. The summed E-state index contributed by atoms with van der Waals surface area (Å²) in [6.45, 7) is 12.8. The molecule has 1 N–H and O–H groups in total. The van der Waals surface area contributed by atoms with E-state index < -0.39 is 29.3 Å². The van der Waals surface area contributed by atoms with E-state index in [-0.39, 0.29) is 23.4 Å². The molecule has 3 aromatic rings. The molecule has 0 radical (unpaired) electrons. The Bertz CT molecular complexity index is 1350. The fourth-order valence-corrected chi connectivity index (χ4v) is 3.97. The number of carbonyl (C=O) groups is 1. The van der Waals surface area contributed by atoms with E-state index >= 15 is 0 Å². The summed E-state index contributed by atoms with van der Waals surface area (Å²) in [4.78, 5) is 16.7. The van der Waals surface area contributed by atoms with Gasteiger partial charge in [0.1, 0.15) is 11.6 Å². The van der Waals surface area contributed by atoms with Crippen molar-refractivity contribution in [1.29, 1.82) is 0 Å². The molecule has 1 heterocycles. The lowest BCUT2D eigenvalue weighted by Gasteiger charge is -2.26. The number of aryl methyl sites for hydroxylation is 1. The summed E-state index contributed by atoms with van der Waals surface area (Å²) in [6, 6.07) is 12.3. The maximum Gasteiger partial charge on any atom is 0.337 e. The topological polar surface area (TPSA) is 73.0 Å². The van der Waals surface area contributed by atoms with Crippen LogP contribution in [-0.4, -0.2) is 40.2 Å². The van der Waals surface area contributed by atoms with Crippen LogP contribution in [0.2, 0.25) is 0 Å². The van der Waals surface area contributed by atoms with Crippen LogP contribution < -0.4 is 4.74 Å². The Labute approximate surface area is 222 Å². The van der Waals surface area contributed by atoms with Crippen LogP contribution in [0.25, 0.3) is 0 Å². The fraction of sp³-hybridized carbons (Fsp3) is 0.333. The lowest BCUT2D eigenvalue weighted by Crippen LogP contribution is -2.36. The van der Waals surface area contributed by atoms with Crippen molar-refractivity contribution in [1.82, 2.24) is 4.57 Å². The number of carboxylic acids is 1. The minimum absolute atomic E-state index is 0.0393. The number of rotatable bonds is 10. The molecule has 8 heteroatoms. The highest BCUT2D eigenvalue weighted by Gasteiger charge is 2.29. The van der Waals surface area contributed by atoms with E-state index in [1.807, 2.05) is 37.3 Å². The summed E-state index contributed by atoms with van der Waals surface area (Å²) in [7, 11) is 1.39. The zero-order valence-corrected chi connectivity index (χ0v) is 22.6. The monoisotopic (exact) mass is 524 g/mol. The molecule has 1 aromatic heterocycles. The zero-order valence-electron chi connectivity index (χ0n) is 22.6. The molecule has 0 saturated heterocycles. The van der Waals surface area contributed by atoms with Gasteiger partial charge in [0.15, 0.2) is 17.7 Å². The zero-order chi connectivity index (χ0) is 28.2. The number of hydrogen-bond acceptors (Lipinski definition) is 4. The number of aliphatic carboxylic acids is 1. The maximum absolute atomic E-state index is 14.8. The molecule has 0 saturated carbocycles. The van der Waals surface area contributed by atoms with Crippen molar-refractivity contribution in [2.24, 2.45) is 4.99 Å². The Kier molecular flexibility index (Phi) is 8.89. The summed E-state index contributed by atoms with van der Waals surface area (Å²) in [6.07, 6.45) is 0.960. The predicted octanol–water partition coefficient (Wildman–Crippen LogP) is 6.64. The van der Waals surface area contributed by atoms with Gasteiger partial charge >= 0.3 is 5.97 Å². The Morgan fingerprint density at radius 2 is 1.79 bits per heavy atom. The highest BCUT2D eigenvalue weighted by atomic mass is 19.2. The number of methoxy groups -OCH3 is 1. The molecule has 0 aliphatic carbocycles. The Morgan fingerprint density at radius 3 is 2.37 bits per heavy atom. The molecule has 6 nitrogen and oxygen atoms in total. The predicted molar refractivity (Wildman–Crippen MR) is 145 cm³/mol. The van der Waals surface area contributed by atoms with Crippen molar-refractivity contribution in [2.45, 2.75) is 59.3 Å². The number of aromatic nitrogens is 1. The second-order valence-electron chi connectivity index (χ2n) is 10.2. The summed E-state index contributed by atoms with van der Waals surface area (Å²) in [5.41, 5.74) is 2.83. The molecule has 1 unspecified atom stereocenters. The van der Waals surface area contributed by atoms with Crippen LogP contribution in [0.5, 0.6) is 5.75 Å². The van der Waals surface area contributed by atoms with Crippen molar-refractivity contribution in [2.75, 3.05) is 7.11 Å². The first kappa shape index (κ1) is 28.8. The van der Waals surface area contributed by atoms with Crippen LogP contribution in [0.15, 0.2) is 65.8 Å². The summed E-state index contributed by atoms with van der Waals surface area (Å²) in [5, 5.41) is 9.78. The lowest BCUT2D eigenvalue weighted by atomic mass is 10.0. The van der Waals surface area contributed by atoms with Gasteiger partial charge in [0.2, 0.25) is 0 Å². The van der Waals surface area contributed by atoms with E-state index in [1.165, 1.54) is 13.2 Å². The summed E-state index contributed by atoms with van der Waals surface area (Å²) in [5.74, 6) is -2.49. The van der Waals surface area contributed by atoms with Crippen LogP contribution >= 0.6 is 0 Å². The first-order chi connectivity index (χ1) is 17.8. The second kappa shape index (κ2) is 11.7. The van der Waals surface area contributed by atoms with Gasteiger partial charge in [-0.15, -0.1) is 0 Å². The molecular formula is C30H34F2N2O4. The van der Waals surface area contributed by atoms with Crippen molar-refractivity contribution < 1.29 is 28.2 Å². The standard InChI is InChI=1S/C30H34F2N2O4/c1-18-8-10-21(11-9-18)16-22-14-15-34(17-23-25(37-7)13-12-24(31)26(23)32)28(22)33-20(3)19(2)27(29(35)36)38-30(4,5)6/h8-15,27H,2,16-17H2,1,3-7H3,(H,35,36). The largest absolute Gasteiger partial charge is 0.496 e. The van der Waals surface area contributed by atoms with Gasteiger partial charge < -0.3 is 19.1 Å². The van der Waals surface area contributed by atoms with Gasteiger partial charge in [-0.25, -0.2) is 18.6 Å². The first-order valence-corrected chi connectivity index (χ1v) is 12.2. The van der Waals surface area contributed by atoms with E-state index in [4.69, 9.17) is 14.5 Å². The molecular weight excluding hydrogens is 490 g/mol. The van der Waals surface area contributed by atoms with Gasteiger partial charge in [0.05, 0.1) is 24.8 Å². The van der Waals surface area contributed by atoms with Crippen molar-refractivity contribution >= 4 is 17.5 Å². The fourth-order valence-electron chi connectivity index (χ4n) is 3.97. The Morgan fingerprint density at radius 1 is 1.13 bits per heavy atom. The number of ether oxygens (including phenoxy) is 2. The molecule has 0 amide bonds. The maximum atomic E-state index is 14.8. The molecule has 3 rings (SSSR count). The number of carboxylic acid groups (broad SMARTS) is 1. The van der Waals surface area contributed by atoms with E-state index in [0.29, 0.717) is 18.0 Å². The third kappa shape index (κ3) is 6.95. The Hall–Kier alpha value is -3.78. The minimum atomic E-state index is -1.30. The molecule has 0 aliphatic rings. The van der Waals surface area contributed by atoms with E-state index in [0.717, 1.165) is 22.8 Å². The molecule has 1 atom stereocenters.